The molecule has 120 valence electrons. The molecule has 0 unspecified atom stereocenters. The van der Waals surface area contributed by atoms with Gasteiger partial charge in [0.05, 0.1) is 18.3 Å². The summed E-state index contributed by atoms with van der Waals surface area (Å²) in [7, 11) is 1.97. The molecule has 1 N–H and O–H groups in total. The van der Waals surface area contributed by atoms with Crippen LogP contribution >= 0.6 is 0 Å². The topological polar surface area (TPSA) is 46.5 Å². The summed E-state index contributed by atoms with van der Waals surface area (Å²) in [5.74, 6) is 0.851. The monoisotopic (exact) mass is 303 g/mol. The van der Waals surface area contributed by atoms with Crippen molar-refractivity contribution in [3.63, 3.8) is 0 Å². The maximum atomic E-state index is 12.4. The number of aryl methyl sites for hydroxylation is 1. The van der Waals surface area contributed by atoms with Crippen LogP contribution < -0.4 is 5.32 Å². The summed E-state index contributed by atoms with van der Waals surface area (Å²) in [6.07, 6.45) is 6.04. The Morgan fingerprint density at radius 1 is 1.36 bits per heavy atom. The molecule has 0 aromatic carbocycles. The summed E-state index contributed by atoms with van der Waals surface area (Å²) in [4.78, 5) is 15.0. The van der Waals surface area contributed by atoms with Crippen LogP contribution in [0.15, 0.2) is 12.3 Å². The maximum Gasteiger partial charge on any atom is 0.253 e. The highest BCUT2D eigenvalue weighted by atomic mass is 16.5. The number of fused-ring (bicyclic) bond motifs is 1. The molecule has 0 spiro atoms. The fourth-order valence-corrected chi connectivity index (χ4v) is 3.87. The van der Waals surface area contributed by atoms with E-state index in [1.165, 1.54) is 12.8 Å². The third-order valence-corrected chi connectivity index (χ3v) is 5.56. The van der Waals surface area contributed by atoms with E-state index in [0.717, 1.165) is 43.3 Å². The highest BCUT2D eigenvalue weighted by molar-refractivity contribution is 5.95. The first-order chi connectivity index (χ1) is 10.6. The molecule has 22 heavy (non-hydrogen) atoms. The van der Waals surface area contributed by atoms with E-state index in [-0.39, 0.29) is 11.9 Å². The van der Waals surface area contributed by atoms with Crippen LogP contribution in [-0.4, -0.2) is 53.3 Å². The fourth-order valence-electron chi connectivity index (χ4n) is 3.87. The Labute approximate surface area is 131 Å². The molecule has 2 saturated heterocycles. The standard InChI is InChI=1S/C17H25N3O2/c1-11-15(5-6-19(11)2)17(21)18-13-7-14-10-22-16(12-3-4-12)9-20(14)8-13/h5-6,12-14,16H,3-4,7-10H2,1-2H3,(H,18,21)/t13-,14+,16-/m1/s1. The Morgan fingerprint density at radius 3 is 2.86 bits per heavy atom. The maximum absolute atomic E-state index is 12.4. The van der Waals surface area contributed by atoms with Crippen molar-refractivity contribution in [2.24, 2.45) is 13.0 Å². The molecular weight excluding hydrogens is 278 g/mol. The Kier molecular flexibility index (Phi) is 3.50. The van der Waals surface area contributed by atoms with E-state index in [2.05, 4.69) is 10.2 Å². The lowest BCUT2D eigenvalue weighted by Crippen LogP contribution is -2.47. The summed E-state index contributed by atoms with van der Waals surface area (Å²) in [6, 6.07) is 2.63. The van der Waals surface area contributed by atoms with E-state index in [4.69, 9.17) is 4.74 Å². The van der Waals surface area contributed by atoms with Crippen LogP contribution in [0.1, 0.15) is 35.3 Å². The third-order valence-electron chi connectivity index (χ3n) is 5.56. The van der Waals surface area contributed by atoms with Crippen LogP contribution in [0.5, 0.6) is 0 Å². The predicted molar refractivity (Wildman–Crippen MR) is 83.8 cm³/mol. The van der Waals surface area contributed by atoms with Crippen LogP contribution in [0.3, 0.4) is 0 Å². The van der Waals surface area contributed by atoms with E-state index >= 15 is 0 Å². The van der Waals surface area contributed by atoms with E-state index in [9.17, 15) is 4.79 Å². The quantitative estimate of drug-likeness (QED) is 0.916. The summed E-state index contributed by atoms with van der Waals surface area (Å²) < 4.78 is 8.01. The number of nitrogens with zero attached hydrogens (tertiary/aromatic N) is 2. The van der Waals surface area contributed by atoms with Crippen LogP contribution in [0.25, 0.3) is 0 Å². The van der Waals surface area contributed by atoms with Gasteiger partial charge in [-0.3, -0.25) is 9.69 Å². The van der Waals surface area contributed by atoms with Gasteiger partial charge >= 0.3 is 0 Å². The molecule has 4 rings (SSSR count). The molecule has 3 heterocycles. The Bertz CT molecular complexity index is 578. The molecule has 1 aromatic rings. The lowest BCUT2D eigenvalue weighted by Gasteiger charge is -2.35. The average molecular weight is 303 g/mol. The second-order valence-corrected chi connectivity index (χ2v) is 7.15. The number of hydrogen-bond donors (Lipinski definition) is 1. The zero-order valence-corrected chi connectivity index (χ0v) is 13.4. The minimum absolute atomic E-state index is 0.0580. The molecule has 2 aliphatic heterocycles. The van der Waals surface area contributed by atoms with Crippen molar-refractivity contribution in [3.8, 4) is 0 Å². The highest BCUT2D eigenvalue weighted by Crippen LogP contribution is 2.37. The van der Waals surface area contributed by atoms with Crippen molar-refractivity contribution in [2.45, 2.75) is 44.4 Å². The Morgan fingerprint density at radius 2 is 2.18 bits per heavy atom. The molecule has 1 amide bonds. The van der Waals surface area contributed by atoms with Gasteiger partial charge in [-0.2, -0.15) is 0 Å². The smallest absolute Gasteiger partial charge is 0.253 e. The molecule has 1 aliphatic carbocycles. The molecule has 5 heteroatoms. The number of hydrogen-bond acceptors (Lipinski definition) is 3. The summed E-state index contributed by atoms with van der Waals surface area (Å²) >= 11 is 0. The van der Waals surface area contributed by atoms with Gasteiger partial charge in [0.25, 0.3) is 5.91 Å². The van der Waals surface area contributed by atoms with Crippen LogP contribution in [0, 0.1) is 12.8 Å². The van der Waals surface area contributed by atoms with Crippen molar-refractivity contribution in [1.82, 2.24) is 14.8 Å². The van der Waals surface area contributed by atoms with Gasteiger partial charge in [-0.1, -0.05) is 0 Å². The molecule has 5 nitrogen and oxygen atoms in total. The largest absolute Gasteiger partial charge is 0.375 e. The van der Waals surface area contributed by atoms with Crippen LogP contribution in [-0.2, 0) is 11.8 Å². The SMILES string of the molecule is Cc1c(C(=O)N[C@@H]2C[C@H]3CO[C@@H](C4CC4)CN3C2)ccn1C. The molecule has 1 aromatic heterocycles. The van der Waals surface area contributed by atoms with Gasteiger partial charge in [0.2, 0.25) is 0 Å². The first-order valence-corrected chi connectivity index (χ1v) is 8.40. The first-order valence-electron chi connectivity index (χ1n) is 8.40. The predicted octanol–water partition coefficient (Wildman–Crippen LogP) is 1.32. The number of ether oxygens (including phenoxy) is 1. The zero-order chi connectivity index (χ0) is 15.3. The number of carbonyl (C=O) groups excluding carboxylic acids is 1. The van der Waals surface area contributed by atoms with Crippen molar-refractivity contribution in [3.05, 3.63) is 23.5 Å². The second kappa shape index (κ2) is 5.39. The molecule has 3 aliphatic rings. The Balaban J connectivity index is 1.36. The van der Waals surface area contributed by atoms with Crippen LogP contribution in [0.4, 0.5) is 0 Å². The van der Waals surface area contributed by atoms with Gasteiger partial charge in [0, 0.05) is 44.1 Å². The van der Waals surface area contributed by atoms with E-state index in [1.54, 1.807) is 0 Å². The summed E-state index contributed by atoms with van der Waals surface area (Å²) in [5.41, 5.74) is 1.81. The number of aromatic nitrogens is 1. The van der Waals surface area contributed by atoms with E-state index in [0.29, 0.717) is 12.1 Å². The first kappa shape index (κ1) is 14.3. The molecule has 1 saturated carbocycles. The van der Waals surface area contributed by atoms with Gasteiger partial charge in [-0.25, -0.2) is 0 Å². The van der Waals surface area contributed by atoms with Gasteiger partial charge in [0.15, 0.2) is 0 Å². The molecular formula is C17H25N3O2. The zero-order valence-electron chi connectivity index (χ0n) is 13.4. The molecule has 0 radical (unpaired) electrons. The van der Waals surface area contributed by atoms with Gasteiger partial charge in [-0.05, 0) is 38.2 Å². The van der Waals surface area contributed by atoms with Crippen molar-refractivity contribution in [1.29, 1.82) is 0 Å². The van der Waals surface area contributed by atoms with Gasteiger partial charge in [-0.15, -0.1) is 0 Å². The highest BCUT2D eigenvalue weighted by Gasteiger charge is 2.42. The molecule has 0 bridgehead atoms. The second-order valence-electron chi connectivity index (χ2n) is 7.15. The van der Waals surface area contributed by atoms with Gasteiger partial charge in [0.1, 0.15) is 0 Å². The number of rotatable bonds is 3. The lowest BCUT2D eigenvalue weighted by molar-refractivity contribution is -0.0581. The minimum atomic E-state index is 0.0580. The normalized spacial score (nSPS) is 32.0. The van der Waals surface area contributed by atoms with E-state index in [1.807, 2.05) is 30.8 Å². The van der Waals surface area contributed by atoms with E-state index < -0.39 is 0 Å². The average Bonchev–Trinajstić information content (AvgIpc) is 3.19. The third kappa shape index (κ3) is 2.57. The number of morpholine rings is 1. The van der Waals surface area contributed by atoms with Crippen molar-refractivity contribution < 1.29 is 9.53 Å². The number of nitrogens with one attached hydrogen (secondary N) is 1. The number of amides is 1. The lowest BCUT2D eigenvalue weighted by atomic mass is 10.1. The summed E-state index contributed by atoms with van der Waals surface area (Å²) in [5, 5.41) is 3.22. The van der Waals surface area contributed by atoms with Crippen molar-refractivity contribution in [2.75, 3.05) is 19.7 Å². The number of carbonyl (C=O) groups is 1. The Hall–Kier alpha value is -1.33. The molecule has 3 fully saturated rings. The van der Waals surface area contributed by atoms with Crippen molar-refractivity contribution >= 4 is 5.91 Å². The molecule has 3 atom stereocenters. The summed E-state index contributed by atoms with van der Waals surface area (Å²) in [6.45, 7) is 4.83. The van der Waals surface area contributed by atoms with Gasteiger partial charge < -0.3 is 14.6 Å². The fraction of sp³-hybridized carbons (Fsp3) is 0.706. The minimum Gasteiger partial charge on any atom is -0.375 e. The van der Waals surface area contributed by atoms with Crippen LogP contribution in [0.2, 0.25) is 0 Å².